The fourth-order valence-electron chi connectivity index (χ4n) is 2.45. The molecule has 0 saturated heterocycles. The highest BCUT2D eigenvalue weighted by molar-refractivity contribution is 5.94. The van der Waals surface area contributed by atoms with Crippen LogP contribution in [0.5, 0.6) is 5.75 Å². The number of carbonyl (C=O) groups is 2. The zero-order valence-corrected chi connectivity index (χ0v) is 14.1. The van der Waals surface area contributed by atoms with Gasteiger partial charge in [-0.05, 0) is 54.8 Å². The number of carboxylic acids is 1. The van der Waals surface area contributed by atoms with E-state index in [0.29, 0.717) is 12.2 Å². The Morgan fingerprint density at radius 3 is 2.17 bits per heavy atom. The van der Waals surface area contributed by atoms with Gasteiger partial charge in [0, 0.05) is 12.7 Å². The van der Waals surface area contributed by atoms with Crippen molar-refractivity contribution in [3.63, 3.8) is 0 Å². The highest BCUT2D eigenvalue weighted by Gasteiger charge is 2.14. The molecule has 0 atom stereocenters. The Morgan fingerprint density at radius 2 is 1.62 bits per heavy atom. The smallest absolute Gasteiger partial charge is 0.341 e. The minimum atomic E-state index is -1.03. The van der Waals surface area contributed by atoms with Gasteiger partial charge in [0.05, 0.1) is 6.42 Å². The van der Waals surface area contributed by atoms with Crippen LogP contribution in [0.1, 0.15) is 16.7 Å². The number of carboxylic acid groups (broad SMARTS) is 1. The minimum Gasteiger partial charge on any atom is -0.482 e. The summed E-state index contributed by atoms with van der Waals surface area (Å²) >= 11 is 0. The lowest BCUT2D eigenvalue weighted by Gasteiger charge is -2.19. The second kappa shape index (κ2) is 7.64. The number of ether oxygens (including phenoxy) is 1. The molecule has 1 amide bonds. The van der Waals surface area contributed by atoms with E-state index in [2.05, 4.69) is 0 Å². The van der Waals surface area contributed by atoms with Crippen LogP contribution in [0.3, 0.4) is 0 Å². The third-order valence-corrected chi connectivity index (χ3v) is 3.93. The maximum Gasteiger partial charge on any atom is 0.341 e. The summed E-state index contributed by atoms with van der Waals surface area (Å²) in [7, 11) is 1.73. The maximum atomic E-state index is 12.5. The van der Waals surface area contributed by atoms with Gasteiger partial charge in [-0.3, -0.25) is 4.79 Å². The molecule has 0 heterocycles. The van der Waals surface area contributed by atoms with Gasteiger partial charge in [0.15, 0.2) is 6.61 Å². The molecule has 0 aliphatic heterocycles. The molecule has 0 radical (unpaired) electrons. The van der Waals surface area contributed by atoms with Crippen LogP contribution in [0, 0.1) is 13.8 Å². The predicted molar refractivity (Wildman–Crippen MR) is 92.6 cm³/mol. The normalized spacial score (nSPS) is 10.3. The van der Waals surface area contributed by atoms with E-state index in [9.17, 15) is 9.59 Å². The summed E-state index contributed by atoms with van der Waals surface area (Å²) < 4.78 is 5.09. The van der Waals surface area contributed by atoms with Crippen molar-refractivity contribution in [3.8, 4) is 5.75 Å². The SMILES string of the molecule is Cc1cccc(C)c1CC(=O)N(C)c1ccc(OCC(=O)O)cc1. The molecule has 0 spiro atoms. The van der Waals surface area contributed by atoms with Gasteiger partial charge in [0.1, 0.15) is 5.75 Å². The van der Waals surface area contributed by atoms with E-state index in [1.807, 2.05) is 32.0 Å². The monoisotopic (exact) mass is 327 g/mol. The lowest BCUT2D eigenvalue weighted by Crippen LogP contribution is -2.28. The summed E-state index contributed by atoms with van der Waals surface area (Å²) in [5.74, 6) is -0.580. The van der Waals surface area contributed by atoms with Crippen LogP contribution in [0.4, 0.5) is 5.69 Å². The summed E-state index contributed by atoms with van der Waals surface area (Å²) in [6.07, 6.45) is 0.340. The summed E-state index contributed by atoms with van der Waals surface area (Å²) in [6.45, 7) is 3.62. The van der Waals surface area contributed by atoms with E-state index in [1.54, 1.807) is 36.2 Å². The zero-order valence-electron chi connectivity index (χ0n) is 14.1. The number of benzene rings is 2. The number of likely N-dealkylation sites (N-methyl/N-ethyl adjacent to an activating group) is 1. The van der Waals surface area contributed by atoms with Crippen molar-refractivity contribution in [1.29, 1.82) is 0 Å². The summed E-state index contributed by atoms with van der Waals surface area (Å²) in [5.41, 5.74) is 3.99. The van der Waals surface area contributed by atoms with Crippen molar-refractivity contribution < 1.29 is 19.4 Å². The van der Waals surface area contributed by atoms with Crippen molar-refractivity contribution in [3.05, 3.63) is 59.2 Å². The number of anilines is 1. The highest BCUT2D eigenvalue weighted by atomic mass is 16.5. The highest BCUT2D eigenvalue weighted by Crippen LogP contribution is 2.21. The van der Waals surface area contributed by atoms with Crippen molar-refractivity contribution >= 4 is 17.6 Å². The average Bonchev–Trinajstić information content (AvgIpc) is 2.56. The second-order valence-electron chi connectivity index (χ2n) is 5.68. The predicted octanol–water partition coefficient (Wildman–Crippen LogP) is 2.97. The van der Waals surface area contributed by atoms with Crippen LogP contribution in [0.15, 0.2) is 42.5 Å². The van der Waals surface area contributed by atoms with Crippen LogP contribution in [0.2, 0.25) is 0 Å². The number of hydrogen-bond acceptors (Lipinski definition) is 3. The molecule has 126 valence electrons. The molecular weight excluding hydrogens is 306 g/mol. The van der Waals surface area contributed by atoms with Gasteiger partial charge in [0.2, 0.25) is 5.91 Å². The molecule has 5 nitrogen and oxygen atoms in total. The molecule has 2 rings (SSSR count). The van der Waals surface area contributed by atoms with Gasteiger partial charge in [-0.25, -0.2) is 4.79 Å². The van der Waals surface area contributed by atoms with E-state index in [4.69, 9.17) is 9.84 Å². The molecular formula is C19H21NO4. The quantitative estimate of drug-likeness (QED) is 0.886. The molecule has 0 aliphatic rings. The van der Waals surface area contributed by atoms with Gasteiger partial charge in [-0.15, -0.1) is 0 Å². The molecule has 24 heavy (non-hydrogen) atoms. The molecule has 0 fully saturated rings. The molecule has 0 bridgehead atoms. The molecule has 5 heteroatoms. The first-order valence-electron chi connectivity index (χ1n) is 7.65. The van der Waals surface area contributed by atoms with Gasteiger partial charge in [-0.1, -0.05) is 18.2 Å². The van der Waals surface area contributed by atoms with Crippen molar-refractivity contribution in [2.45, 2.75) is 20.3 Å². The first kappa shape index (κ1) is 17.5. The van der Waals surface area contributed by atoms with E-state index in [1.165, 1.54) is 0 Å². The Hall–Kier alpha value is -2.82. The van der Waals surface area contributed by atoms with E-state index >= 15 is 0 Å². The first-order valence-corrected chi connectivity index (χ1v) is 7.65. The number of aryl methyl sites for hydroxylation is 2. The van der Waals surface area contributed by atoms with Crippen LogP contribution in [0.25, 0.3) is 0 Å². The number of aliphatic carboxylic acids is 1. The molecule has 0 aliphatic carbocycles. The van der Waals surface area contributed by atoms with Gasteiger partial charge < -0.3 is 14.7 Å². The largest absolute Gasteiger partial charge is 0.482 e. The Bertz CT molecular complexity index is 717. The lowest BCUT2D eigenvalue weighted by molar-refractivity contribution is -0.139. The third-order valence-electron chi connectivity index (χ3n) is 3.93. The molecule has 2 aromatic carbocycles. The van der Waals surface area contributed by atoms with Crippen LogP contribution in [-0.4, -0.2) is 30.6 Å². The number of hydrogen-bond donors (Lipinski definition) is 1. The second-order valence-corrected chi connectivity index (χ2v) is 5.68. The Balaban J connectivity index is 2.06. The number of nitrogens with zero attached hydrogens (tertiary/aromatic N) is 1. The van der Waals surface area contributed by atoms with Gasteiger partial charge in [0.25, 0.3) is 0 Å². The van der Waals surface area contributed by atoms with Crippen molar-refractivity contribution in [2.24, 2.45) is 0 Å². The molecule has 0 aromatic heterocycles. The Kier molecular flexibility index (Phi) is 5.58. The lowest BCUT2D eigenvalue weighted by atomic mass is 9.99. The Labute approximate surface area is 141 Å². The van der Waals surface area contributed by atoms with E-state index in [0.717, 1.165) is 22.4 Å². The van der Waals surface area contributed by atoms with Crippen LogP contribution < -0.4 is 9.64 Å². The minimum absolute atomic E-state index is 0.00777. The van der Waals surface area contributed by atoms with E-state index < -0.39 is 5.97 Å². The number of amides is 1. The van der Waals surface area contributed by atoms with E-state index in [-0.39, 0.29) is 12.5 Å². The molecule has 0 saturated carbocycles. The molecule has 1 N–H and O–H groups in total. The third kappa shape index (κ3) is 4.35. The summed E-state index contributed by atoms with van der Waals surface area (Å²) in [4.78, 5) is 24.6. The number of rotatable bonds is 6. The molecule has 2 aromatic rings. The van der Waals surface area contributed by atoms with Crippen molar-refractivity contribution in [1.82, 2.24) is 0 Å². The maximum absolute atomic E-state index is 12.5. The van der Waals surface area contributed by atoms with Gasteiger partial charge in [-0.2, -0.15) is 0 Å². The topological polar surface area (TPSA) is 66.8 Å². The van der Waals surface area contributed by atoms with Crippen molar-refractivity contribution in [2.75, 3.05) is 18.6 Å². The Morgan fingerprint density at radius 1 is 1.04 bits per heavy atom. The van der Waals surface area contributed by atoms with Gasteiger partial charge >= 0.3 is 5.97 Å². The van der Waals surface area contributed by atoms with Crippen LogP contribution in [-0.2, 0) is 16.0 Å². The fraction of sp³-hybridized carbons (Fsp3) is 0.263. The summed E-state index contributed by atoms with van der Waals surface area (Å²) in [5, 5.41) is 8.60. The average molecular weight is 327 g/mol. The first-order chi connectivity index (χ1) is 11.4. The number of carbonyl (C=O) groups excluding carboxylic acids is 1. The fourth-order valence-corrected chi connectivity index (χ4v) is 2.45. The summed E-state index contributed by atoms with van der Waals surface area (Å²) in [6, 6.07) is 12.8. The standard InChI is InChI=1S/C19H21NO4/c1-13-5-4-6-14(2)17(13)11-18(21)20(3)15-7-9-16(10-8-15)24-12-19(22)23/h4-10H,11-12H2,1-3H3,(H,22,23). The molecule has 0 unspecified atom stereocenters. The zero-order chi connectivity index (χ0) is 17.7. The van der Waals surface area contributed by atoms with Crippen LogP contribution >= 0.6 is 0 Å².